The summed E-state index contributed by atoms with van der Waals surface area (Å²) in [5, 5.41) is 0. The zero-order valence-electron chi connectivity index (χ0n) is 14.0. The molecule has 0 aliphatic carbocycles. The van der Waals surface area contributed by atoms with Crippen molar-refractivity contribution in [2.24, 2.45) is 0 Å². The molecule has 0 aliphatic rings. The van der Waals surface area contributed by atoms with Crippen molar-refractivity contribution >= 4 is 10.0 Å². The molecule has 1 atom stereocenters. The average molecular weight is 333 g/mol. The summed E-state index contributed by atoms with van der Waals surface area (Å²) in [6.45, 7) is 8.05. The summed E-state index contributed by atoms with van der Waals surface area (Å²) in [7, 11) is -3.56. The van der Waals surface area contributed by atoms with Gasteiger partial charge in [-0.25, -0.2) is 13.1 Å². The Hall–Kier alpha value is -1.85. The van der Waals surface area contributed by atoms with Crippen LogP contribution in [0.15, 0.2) is 47.4 Å². The van der Waals surface area contributed by atoms with Crippen LogP contribution in [0, 0.1) is 13.8 Å². The largest absolute Gasteiger partial charge is 0.494 e. The van der Waals surface area contributed by atoms with Crippen LogP contribution in [-0.4, -0.2) is 15.0 Å². The van der Waals surface area contributed by atoms with E-state index in [9.17, 15) is 8.42 Å². The Kier molecular flexibility index (Phi) is 5.44. The Bertz CT molecular complexity index is 767. The molecule has 0 saturated heterocycles. The van der Waals surface area contributed by atoms with Crippen LogP contribution in [0.1, 0.15) is 36.6 Å². The first-order chi connectivity index (χ1) is 10.8. The third-order valence-electron chi connectivity index (χ3n) is 3.66. The molecule has 0 radical (unpaired) electrons. The van der Waals surface area contributed by atoms with Crippen molar-refractivity contribution < 1.29 is 13.2 Å². The second-order valence-electron chi connectivity index (χ2n) is 5.61. The van der Waals surface area contributed by atoms with Gasteiger partial charge in [0.25, 0.3) is 0 Å². The monoisotopic (exact) mass is 333 g/mol. The lowest BCUT2D eigenvalue weighted by atomic mass is 10.1. The number of hydrogen-bond acceptors (Lipinski definition) is 3. The van der Waals surface area contributed by atoms with Crippen LogP contribution >= 0.6 is 0 Å². The standard InChI is InChI=1S/C18H23NO3S/c1-5-22-17-10-8-16(9-11-17)15(4)19-23(20,21)18-12-13(2)6-7-14(18)3/h6-12,15,19H,5H2,1-4H3. The van der Waals surface area contributed by atoms with Crippen molar-refractivity contribution in [2.75, 3.05) is 6.61 Å². The van der Waals surface area contributed by atoms with Gasteiger partial charge in [0.2, 0.25) is 10.0 Å². The molecule has 23 heavy (non-hydrogen) atoms. The highest BCUT2D eigenvalue weighted by Crippen LogP contribution is 2.22. The van der Waals surface area contributed by atoms with Crippen LogP contribution in [0.5, 0.6) is 5.75 Å². The van der Waals surface area contributed by atoms with Crippen molar-refractivity contribution in [1.82, 2.24) is 4.72 Å². The Morgan fingerprint density at radius 2 is 1.74 bits per heavy atom. The molecule has 0 saturated carbocycles. The van der Waals surface area contributed by atoms with Crippen LogP contribution in [-0.2, 0) is 10.0 Å². The van der Waals surface area contributed by atoms with Crippen molar-refractivity contribution in [2.45, 2.75) is 38.6 Å². The summed E-state index contributed by atoms with van der Waals surface area (Å²) in [4.78, 5) is 0.329. The van der Waals surface area contributed by atoms with Crippen LogP contribution in [0.4, 0.5) is 0 Å². The first-order valence-corrected chi connectivity index (χ1v) is 9.14. The highest BCUT2D eigenvalue weighted by Gasteiger charge is 2.20. The van der Waals surface area contributed by atoms with Crippen molar-refractivity contribution in [3.63, 3.8) is 0 Å². The third kappa shape index (κ3) is 4.33. The summed E-state index contributed by atoms with van der Waals surface area (Å²) in [6.07, 6.45) is 0. The van der Waals surface area contributed by atoms with Gasteiger partial charge >= 0.3 is 0 Å². The van der Waals surface area contributed by atoms with E-state index in [2.05, 4.69) is 4.72 Å². The molecule has 0 bridgehead atoms. The maximum atomic E-state index is 12.6. The molecular formula is C18H23NO3S. The van der Waals surface area contributed by atoms with Gasteiger partial charge in [0.15, 0.2) is 0 Å². The number of nitrogens with one attached hydrogen (secondary N) is 1. The van der Waals surface area contributed by atoms with Crippen LogP contribution in [0.25, 0.3) is 0 Å². The number of hydrogen-bond donors (Lipinski definition) is 1. The highest BCUT2D eigenvalue weighted by atomic mass is 32.2. The quantitative estimate of drug-likeness (QED) is 0.876. The molecule has 2 aromatic carbocycles. The molecule has 0 fully saturated rings. The summed E-state index contributed by atoms with van der Waals surface area (Å²) < 4.78 is 33.4. The van der Waals surface area contributed by atoms with Crippen molar-refractivity contribution in [3.8, 4) is 5.75 Å². The van der Waals surface area contributed by atoms with E-state index in [4.69, 9.17) is 4.74 Å². The lowest BCUT2D eigenvalue weighted by Gasteiger charge is -2.16. The molecule has 0 spiro atoms. The highest BCUT2D eigenvalue weighted by molar-refractivity contribution is 7.89. The van der Waals surface area contributed by atoms with E-state index in [1.807, 2.05) is 57.2 Å². The van der Waals surface area contributed by atoms with Crippen LogP contribution < -0.4 is 9.46 Å². The summed E-state index contributed by atoms with van der Waals surface area (Å²) in [5.41, 5.74) is 2.55. The maximum absolute atomic E-state index is 12.6. The maximum Gasteiger partial charge on any atom is 0.241 e. The molecule has 0 heterocycles. The predicted molar refractivity (Wildman–Crippen MR) is 92.3 cm³/mol. The molecule has 2 rings (SSSR count). The number of aryl methyl sites for hydroxylation is 2. The molecule has 0 amide bonds. The first kappa shape index (κ1) is 17.5. The Morgan fingerprint density at radius 1 is 1.09 bits per heavy atom. The molecule has 2 aromatic rings. The zero-order valence-corrected chi connectivity index (χ0v) is 14.8. The van der Waals surface area contributed by atoms with Crippen LogP contribution in [0.2, 0.25) is 0 Å². The SMILES string of the molecule is CCOc1ccc(C(C)NS(=O)(=O)c2cc(C)ccc2C)cc1. The average Bonchev–Trinajstić information content (AvgIpc) is 2.50. The van der Waals surface area contributed by atoms with Gasteiger partial charge < -0.3 is 4.74 Å². The van der Waals surface area contributed by atoms with E-state index >= 15 is 0 Å². The van der Waals surface area contributed by atoms with E-state index < -0.39 is 10.0 Å². The first-order valence-electron chi connectivity index (χ1n) is 7.66. The van der Waals surface area contributed by atoms with Crippen molar-refractivity contribution in [3.05, 3.63) is 59.2 Å². The van der Waals surface area contributed by atoms with Gasteiger partial charge in [-0.05, 0) is 62.6 Å². The summed E-state index contributed by atoms with van der Waals surface area (Å²) >= 11 is 0. The zero-order chi connectivity index (χ0) is 17.0. The third-order valence-corrected chi connectivity index (χ3v) is 5.34. The molecule has 1 N–H and O–H groups in total. The van der Waals surface area contributed by atoms with Gasteiger partial charge in [-0.15, -0.1) is 0 Å². The lowest BCUT2D eigenvalue weighted by molar-refractivity contribution is 0.340. The Balaban J connectivity index is 2.21. The fourth-order valence-electron chi connectivity index (χ4n) is 2.38. The van der Waals surface area contributed by atoms with E-state index in [-0.39, 0.29) is 6.04 Å². The second kappa shape index (κ2) is 7.15. The number of benzene rings is 2. The van der Waals surface area contributed by atoms with Gasteiger partial charge in [-0.2, -0.15) is 0 Å². The van der Waals surface area contributed by atoms with E-state index in [0.29, 0.717) is 11.5 Å². The minimum absolute atomic E-state index is 0.324. The van der Waals surface area contributed by atoms with Crippen molar-refractivity contribution in [1.29, 1.82) is 0 Å². The Labute approximate surface area is 138 Å². The molecule has 5 heteroatoms. The number of ether oxygens (including phenoxy) is 1. The smallest absolute Gasteiger partial charge is 0.241 e. The summed E-state index contributed by atoms with van der Waals surface area (Å²) in [5.74, 6) is 0.779. The van der Waals surface area contributed by atoms with E-state index in [0.717, 1.165) is 22.4 Å². The molecule has 0 aromatic heterocycles. The summed E-state index contributed by atoms with van der Waals surface area (Å²) in [6, 6.07) is 12.6. The van der Waals surface area contributed by atoms with E-state index in [1.165, 1.54) is 0 Å². The minimum Gasteiger partial charge on any atom is -0.494 e. The van der Waals surface area contributed by atoms with Gasteiger partial charge in [-0.1, -0.05) is 24.3 Å². The number of sulfonamides is 1. The molecular weight excluding hydrogens is 310 g/mol. The van der Waals surface area contributed by atoms with Gasteiger partial charge in [0.1, 0.15) is 5.75 Å². The topological polar surface area (TPSA) is 55.4 Å². The van der Waals surface area contributed by atoms with Gasteiger partial charge in [-0.3, -0.25) is 0 Å². The lowest BCUT2D eigenvalue weighted by Crippen LogP contribution is -2.27. The molecule has 0 aliphatic heterocycles. The Morgan fingerprint density at radius 3 is 2.35 bits per heavy atom. The van der Waals surface area contributed by atoms with Gasteiger partial charge in [0, 0.05) is 6.04 Å². The van der Waals surface area contributed by atoms with E-state index in [1.54, 1.807) is 13.0 Å². The second-order valence-corrected chi connectivity index (χ2v) is 7.30. The predicted octanol–water partition coefficient (Wildman–Crippen LogP) is 3.74. The fourth-order valence-corrected chi connectivity index (χ4v) is 3.94. The fraction of sp³-hybridized carbons (Fsp3) is 0.333. The normalized spacial score (nSPS) is 12.9. The molecule has 1 unspecified atom stereocenters. The molecule has 4 nitrogen and oxygen atoms in total. The molecule has 124 valence electrons. The number of rotatable bonds is 6. The van der Waals surface area contributed by atoms with Gasteiger partial charge in [0.05, 0.1) is 11.5 Å². The van der Waals surface area contributed by atoms with Crippen LogP contribution in [0.3, 0.4) is 0 Å². The minimum atomic E-state index is -3.56.